The standard InChI is InChI=1S/C21H35N5O3S/c1-6-26(7-2)13-8-14-30(27,28)25-19(15-16(3)4)21-22-20(23-24-21)17-9-11-18(29-5)12-10-17/h9-12,16,19,25H,6-8,13-15H2,1-5H3,(H,22,23,24)/t19-/m0/s1. The summed E-state index contributed by atoms with van der Waals surface area (Å²) in [5, 5.41) is 7.22. The van der Waals surface area contributed by atoms with Crippen molar-refractivity contribution in [2.45, 2.75) is 46.6 Å². The zero-order valence-corrected chi connectivity index (χ0v) is 19.5. The van der Waals surface area contributed by atoms with Crippen LogP contribution < -0.4 is 9.46 Å². The van der Waals surface area contributed by atoms with Crippen LogP contribution >= 0.6 is 0 Å². The number of aromatic nitrogens is 3. The summed E-state index contributed by atoms with van der Waals surface area (Å²) in [4.78, 5) is 6.79. The Morgan fingerprint density at radius 2 is 1.83 bits per heavy atom. The number of benzene rings is 1. The third-order valence-corrected chi connectivity index (χ3v) is 6.46. The van der Waals surface area contributed by atoms with Crippen LogP contribution in [-0.4, -0.2) is 61.0 Å². The van der Waals surface area contributed by atoms with E-state index in [1.807, 2.05) is 24.3 Å². The molecule has 0 saturated carbocycles. The van der Waals surface area contributed by atoms with Gasteiger partial charge in [-0.15, -0.1) is 0 Å². The average molecular weight is 438 g/mol. The average Bonchev–Trinajstić information content (AvgIpc) is 3.20. The monoisotopic (exact) mass is 437 g/mol. The van der Waals surface area contributed by atoms with Crippen molar-refractivity contribution in [3.05, 3.63) is 30.1 Å². The maximum atomic E-state index is 12.7. The van der Waals surface area contributed by atoms with Crippen LogP contribution in [-0.2, 0) is 10.0 Å². The number of ether oxygens (including phenoxy) is 1. The first-order valence-electron chi connectivity index (χ1n) is 10.6. The van der Waals surface area contributed by atoms with Gasteiger partial charge in [0.1, 0.15) is 11.6 Å². The van der Waals surface area contributed by atoms with Gasteiger partial charge in [0, 0.05) is 5.56 Å². The Morgan fingerprint density at radius 3 is 2.40 bits per heavy atom. The summed E-state index contributed by atoms with van der Waals surface area (Å²) in [6, 6.07) is 7.00. The van der Waals surface area contributed by atoms with Crippen molar-refractivity contribution in [2.24, 2.45) is 5.92 Å². The molecule has 0 amide bonds. The molecule has 2 rings (SSSR count). The van der Waals surface area contributed by atoms with E-state index < -0.39 is 16.1 Å². The molecule has 1 atom stereocenters. The van der Waals surface area contributed by atoms with Gasteiger partial charge < -0.3 is 9.64 Å². The van der Waals surface area contributed by atoms with Gasteiger partial charge in [0.15, 0.2) is 5.82 Å². The fourth-order valence-electron chi connectivity index (χ4n) is 3.28. The number of aromatic amines is 1. The van der Waals surface area contributed by atoms with Crippen LogP contribution in [0.1, 0.15) is 52.4 Å². The highest BCUT2D eigenvalue weighted by atomic mass is 32.2. The molecule has 1 heterocycles. The SMILES string of the molecule is CCN(CC)CCCS(=O)(=O)N[C@@H](CC(C)C)c1nc(-c2ccc(OC)cc2)n[nH]1. The highest BCUT2D eigenvalue weighted by molar-refractivity contribution is 7.89. The minimum absolute atomic E-state index is 0.0948. The van der Waals surface area contributed by atoms with Crippen LogP contribution in [0.15, 0.2) is 24.3 Å². The van der Waals surface area contributed by atoms with E-state index in [9.17, 15) is 8.42 Å². The molecule has 1 aromatic carbocycles. The zero-order chi connectivity index (χ0) is 22.1. The second-order valence-electron chi connectivity index (χ2n) is 7.77. The van der Waals surface area contributed by atoms with Gasteiger partial charge in [-0.3, -0.25) is 5.10 Å². The molecule has 2 N–H and O–H groups in total. The fraction of sp³-hybridized carbons (Fsp3) is 0.619. The second kappa shape index (κ2) is 11.4. The third kappa shape index (κ3) is 7.37. The number of nitrogens with zero attached hydrogens (tertiary/aromatic N) is 3. The summed E-state index contributed by atoms with van der Waals surface area (Å²) >= 11 is 0. The first-order valence-corrected chi connectivity index (χ1v) is 12.2. The van der Waals surface area contributed by atoms with Crippen molar-refractivity contribution >= 4 is 10.0 Å². The molecule has 0 unspecified atom stereocenters. The van der Waals surface area contributed by atoms with Crippen LogP contribution in [0.2, 0.25) is 0 Å². The van der Waals surface area contributed by atoms with Crippen molar-refractivity contribution < 1.29 is 13.2 Å². The number of H-pyrrole nitrogens is 1. The van der Waals surface area contributed by atoms with Gasteiger partial charge in [-0.1, -0.05) is 27.7 Å². The highest BCUT2D eigenvalue weighted by Gasteiger charge is 2.24. The molecule has 8 nitrogen and oxygen atoms in total. The normalized spacial score (nSPS) is 13.2. The molecule has 0 spiro atoms. The first kappa shape index (κ1) is 24.3. The lowest BCUT2D eigenvalue weighted by atomic mass is 10.0. The Balaban J connectivity index is 2.10. The summed E-state index contributed by atoms with van der Waals surface area (Å²) in [5.74, 6) is 2.20. The largest absolute Gasteiger partial charge is 0.497 e. The molecule has 0 aliphatic heterocycles. The van der Waals surface area contributed by atoms with Gasteiger partial charge in [-0.2, -0.15) is 5.10 Å². The van der Waals surface area contributed by atoms with Crippen molar-refractivity contribution in [3.8, 4) is 17.1 Å². The topological polar surface area (TPSA) is 100 Å². The maximum absolute atomic E-state index is 12.7. The lowest BCUT2D eigenvalue weighted by Gasteiger charge is -2.20. The number of rotatable bonds is 13. The van der Waals surface area contributed by atoms with Gasteiger partial charge in [-0.05, 0) is 62.7 Å². The van der Waals surface area contributed by atoms with Crippen LogP contribution in [0.3, 0.4) is 0 Å². The molecule has 1 aromatic heterocycles. The molecule has 0 aliphatic carbocycles. The van der Waals surface area contributed by atoms with Crippen LogP contribution in [0, 0.1) is 5.92 Å². The summed E-state index contributed by atoms with van der Waals surface area (Å²) < 4.78 is 33.4. The number of hydrogen-bond acceptors (Lipinski definition) is 6. The molecule has 0 aliphatic rings. The Hall–Kier alpha value is -1.97. The van der Waals surface area contributed by atoms with Gasteiger partial charge in [0.2, 0.25) is 10.0 Å². The van der Waals surface area contributed by atoms with Crippen molar-refractivity contribution in [1.82, 2.24) is 24.8 Å². The van der Waals surface area contributed by atoms with E-state index in [1.165, 1.54) is 0 Å². The third-order valence-electron chi connectivity index (χ3n) is 4.99. The van der Waals surface area contributed by atoms with E-state index >= 15 is 0 Å². The van der Waals surface area contributed by atoms with Gasteiger partial charge in [-0.25, -0.2) is 18.1 Å². The highest BCUT2D eigenvalue weighted by Crippen LogP contribution is 2.23. The Morgan fingerprint density at radius 1 is 1.17 bits per heavy atom. The lowest BCUT2D eigenvalue weighted by Crippen LogP contribution is -2.34. The summed E-state index contributed by atoms with van der Waals surface area (Å²) in [7, 11) is -1.82. The van der Waals surface area contributed by atoms with E-state index in [0.29, 0.717) is 30.4 Å². The lowest BCUT2D eigenvalue weighted by molar-refractivity contribution is 0.304. The molecule has 0 bridgehead atoms. The number of hydrogen-bond donors (Lipinski definition) is 2. The molecule has 168 valence electrons. The number of sulfonamides is 1. The van der Waals surface area contributed by atoms with Crippen LogP contribution in [0.5, 0.6) is 5.75 Å². The van der Waals surface area contributed by atoms with Crippen molar-refractivity contribution in [2.75, 3.05) is 32.5 Å². The van der Waals surface area contributed by atoms with Crippen LogP contribution in [0.4, 0.5) is 0 Å². The Kier molecular flexibility index (Phi) is 9.26. The van der Waals surface area contributed by atoms with E-state index in [4.69, 9.17) is 4.74 Å². The molecule has 30 heavy (non-hydrogen) atoms. The van der Waals surface area contributed by atoms with Crippen molar-refractivity contribution in [3.63, 3.8) is 0 Å². The second-order valence-corrected chi connectivity index (χ2v) is 9.65. The number of nitrogens with one attached hydrogen (secondary N) is 2. The molecular formula is C21H35N5O3S. The molecular weight excluding hydrogens is 402 g/mol. The van der Waals surface area contributed by atoms with Gasteiger partial charge in [0.05, 0.1) is 18.9 Å². The molecule has 0 radical (unpaired) electrons. The number of methoxy groups -OCH3 is 1. The zero-order valence-electron chi connectivity index (χ0n) is 18.7. The minimum atomic E-state index is -3.43. The van der Waals surface area contributed by atoms with Crippen LogP contribution in [0.25, 0.3) is 11.4 Å². The van der Waals surface area contributed by atoms with E-state index in [2.05, 4.69) is 52.5 Å². The van der Waals surface area contributed by atoms with Gasteiger partial charge >= 0.3 is 0 Å². The predicted molar refractivity (Wildman–Crippen MR) is 120 cm³/mol. The Bertz CT molecular complexity index is 861. The van der Waals surface area contributed by atoms with E-state index in [1.54, 1.807) is 7.11 Å². The maximum Gasteiger partial charge on any atom is 0.212 e. The quantitative estimate of drug-likeness (QED) is 0.499. The summed E-state index contributed by atoms with van der Waals surface area (Å²) in [6.45, 7) is 10.9. The van der Waals surface area contributed by atoms with Gasteiger partial charge in [0.25, 0.3) is 0 Å². The first-order chi connectivity index (χ1) is 14.3. The molecule has 9 heteroatoms. The molecule has 2 aromatic rings. The smallest absolute Gasteiger partial charge is 0.212 e. The van der Waals surface area contributed by atoms with E-state index in [0.717, 1.165) is 30.9 Å². The summed E-state index contributed by atoms with van der Waals surface area (Å²) in [6.07, 6.45) is 1.23. The summed E-state index contributed by atoms with van der Waals surface area (Å²) in [5.41, 5.74) is 0.837. The van der Waals surface area contributed by atoms with Crippen molar-refractivity contribution in [1.29, 1.82) is 0 Å². The fourth-order valence-corrected chi connectivity index (χ4v) is 4.55. The Labute approximate surface area is 180 Å². The molecule has 0 saturated heterocycles. The minimum Gasteiger partial charge on any atom is -0.497 e. The van der Waals surface area contributed by atoms with E-state index in [-0.39, 0.29) is 5.75 Å². The molecule has 0 fully saturated rings. The predicted octanol–water partition coefficient (Wildman–Crippen LogP) is 3.22.